The molecule has 8 heteroatoms. The van der Waals surface area contributed by atoms with E-state index < -0.39 is 0 Å². The maximum atomic E-state index is 11.9. The number of nitrogens with zero attached hydrogens (tertiary/aromatic N) is 6. The van der Waals surface area contributed by atoms with Gasteiger partial charge in [-0.25, -0.2) is 9.97 Å². The predicted octanol–water partition coefficient (Wildman–Crippen LogP) is 2.29. The molecule has 1 aromatic heterocycles. The van der Waals surface area contributed by atoms with Gasteiger partial charge in [-0.3, -0.25) is 10.1 Å². The molecule has 0 saturated carbocycles. The summed E-state index contributed by atoms with van der Waals surface area (Å²) in [5.41, 5.74) is 0.0534. The molecule has 0 N–H and O–H groups in total. The minimum atomic E-state index is -0.308. The number of aromatic nitrogens is 2. The van der Waals surface area contributed by atoms with Gasteiger partial charge in [0, 0.05) is 25.7 Å². The third-order valence-electron chi connectivity index (χ3n) is 5.61. The Morgan fingerprint density at radius 2 is 1.92 bits per heavy atom. The van der Waals surface area contributed by atoms with Gasteiger partial charge in [-0.1, -0.05) is 0 Å². The second-order valence-corrected chi connectivity index (χ2v) is 7.31. The Bertz CT molecular complexity index is 617. The van der Waals surface area contributed by atoms with Gasteiger partial charge in [0.05, 0.1) is 4.92 Å². The second kappa shape index (κ2) is 7.51. The summed E-state index contributed by atoms with van der Waals surface area (Å²) in [5, 5.41) is 11.9. The highest BCUT2D eigenvalue weighted by atomic mass is 16.6. The minimum absolute atomic E-state index is 0.0534. The molecule has 0 spiro atoms. The smallest absolute Gasteiger partial charge is 0.351 e. The topological polar surface area (TPSA) is 78.6 Å². The van der Waals surface area contributed by atoms with Crippen molar-refractivity contribution in [3.8, 4) is 0 Å². The average molecular weight is 348 g/mol. The van der Waals surface area contributed by atoms with E-state index in [0.29, 0.717) is 11.6 Å². The van der Waals surface area contributed by atoms with Crippen LogP contribution in [0.5, 0.6) is 0 Å². The van der Waals surface area contributed by atoms with Crippen molar-refractivity contribution in [3.63, 3.8) is 0 Å². The molecule has 3 heterocycles. The fraction of sp³-hybridized carbons (Fsp3) is 0.765. The Hall–Kier alpha value is -1.96. The first-order chi connectivity index (χ1) is 12.0. The zero-order chi connectivity index (χ0) is 18.0. The molecular weight excluding hydrogens is 320 g/mol. The van der Waals surface area contributed by atoms with Gasteiger partial charge in [0.1, 0.15) is 6.33 Å². The molecule has 1 unspecified atom stereocenters. The number of hydrogen-bond acceptors (Lipinski definition) is 7. The van der Waals surface area contributed by atoms with E-state index >= 15 is 0 Å². The molecule has 8 nitrogen and oxygen atoms in total. The molecule has 0 aromatic carbocycles. The highest BCUT2D eigenvalue weighted by molar-refractivity contribution is 5.71. The van der Waals surface area contributed by atoms with Crippen LogP contribution in [0.4, 0.5) is 17.3 Å². The van der Waals surface area contributed by atoms with Crippen LogP contribution in [0.15, 0.2) is 6.33 Å². The highest BCUT2D eigenvalue weighted by Gasteiger charge is 2.34. The van der Waals surface area contributed by atoms with E-state index in [2.05, 4.69) is 33.7 Å². The van der Waals surface area contributed by atoms with Crippen molar-refractivity contribution >= 4 is 17.3 Å². The lowest BCUT2D eigenvalue weighted by molar-refractivity contribution is -0.383. The van der Waals surface area contributed by atoms with E-state index in [0.717, 1.165) is 45.3 Å². The molecule has 2 aliphatic rings. The zero-order valence-corrected chi connectivity index (χ0v) is 15.4. The van der Waals surface area contributed by atoms with E-state index in [1.54, 1.807) is 0 Å². The Morgan fingerprint density at radius 3 is 2.56 bits per heavy atom. The van der Waals surface area contributed by atoms with Crippen LogP contribution in [0, 0.1) is 10.1 Å². The Kier molecular flexibility index (Phi) is 5.36. The fourth-order valence-corrected chi connectivity index (χ4v) is 3.96. The molecule has 2 aliphatic heterocycles. The molecule has 2 saturated heterocycles. The Labute approximate surface area is 149 Å². The number of piperidine rings is 2. The molecular formula is C17H28N6O2. The van der Waals surface area contributed by atoms with Crippen molar-refractivity contribution in [1.29, 1.82) is 0 Å². The summed E-state index contributed by atoms with van der Waals surface area (Å²) in [5.74, 6) is 0.921. The molecule has 0 amide bonds. The maximum Gasteiger partial charge on any atom is 0.353 e. The van der Waals surface area contributed by atoms with E-state index in [9.17, 15) is 10.1 Å². The molecule has 25 heavy (non-hydrogen) atoms. The summed E-state index contributed by atoms with van der Waals surface area (Å²) in [6, 6.07) is 0.542. The molecule has 3 rings (SSSR count). The van der Waals surface area contributed by atoms with Gasteiger partial charge in [-0.2, -0.15) is 0 Å². The quantitative estimate of drug-likeness (QED) is 0.610. The van der Waals surface area contributed by atoms with Crippen LogP contribution >= 0.6 is 0 Å². The number of nitro groups is 1. The van der Waals surface area contributed by atoms with Crippen molar-refractivity contribution in [2.75, 3.05) is 43.5 Å². The van der Waals surface area contributed by atoms with Gasteiger partial charge in [0.15, 0.2) is 0 Å². The third-order valence-corrected chi connectivity index (χ3v) is 5.61. The normalized spacial score (nSPS) is 22.8. The van der Waals surface area contributed by atoms with Gasteiger partial charge >= 0.3 is 5.69 Å². The molecule has 138 valence electrons. The first-order valence-corrected chi connectivity index (χ1v) is 9.16. The van der Waals surface area contributed by atoms with E-state index in [1.807, 2.05) is 11.9 Å². The second-order valence-electron chi connectivity index (χ2n) is 7.31. The van der Waals surface area contributed by atoms with Crippen LogP contribution < -0.4 is 9.80 Å². The monoisotopic (exact) mass is 348 g/mol. The van der Waals surface area contributed by atoms with Crippen LogP contribution in [-0.2, 0) is 0 Å². The first kappa shape index (κ1) is 17.8. The van der Waals surface area contributed by atoms with Crippen LogP contribution in [0.25, 0.3) is 0 Å². The van der Waals surface area contributed by atoms with Crippen molar-refractivity contribution in [3.05, 3.63) is 16.4 Å². The van der Waals surface area contributed by atoms with Gasteiger partial charge in [-0.15, -0.1) is 0 Å². The minimum Gasteiger partial charge on any atom is -0.351 e. The average Bonchev–Trinajstić information content (AvgIpc) is 2.61. The lowest BCUT2D eigenvalue weighted by Gasteiger charge is -2.37. The molecule has 0 bridgehead atoms. The van der Waals surface area contributed by atoms with Gasteiger partial charge in [0.25, 0.3) is 0 Å². The van der Waals surface area contributed by atoms with E-state index in [-0.39, 0.29) is 22.7 Å². The maximum absolute atomic E-state index is 11.9. The number of rotatable bonds is 4. The van der Waals surface area contributed by atoms with Crippen LogP contribution in [0.2, 0.25) is 0 Å². The first-order valence-electron chi connectivity index (χ1n) is 9.16. The Balaban J connectivity index is 1.93. The van der Waals surface area contributed by atoms with Crippen molar-refractivity contribution in [2.45, 2.75) is 51.1 Å². The van der Waals surface area contributed by atoms with Crippen molar-refractivity contribution in [1.82, 2.24) is 14.9 Å². The standard InChI is InChI=1S/C17H28N6O2/c1-13-6-4-5-9-22(13)17-15(23(24)25)16(18-12-19-17)21(3)14-7-10-20(2)11-8-14/h12-14H,4-11H2,1-3H3. The van der Waals surface area contributed by atoms with Gasteiger partial charge in [0.2, 0.25) is 11.6 Å². The van der Waals surface area contributed by atoms with Crippen LogP contribution in [0.3, 0.4) is 0 Å². The summed E-state index contributed by atoms with van der Waals surface area (Å²) >= 11 is 0. The predicted molar refractivity (Wildman–Crippen MR) is 98.3 cm³/mol. The molecule has 0 aliphatic carbocycles. The molecule has 1 atom stereocenters. The van der Waals surface area contributed by atoms with E-state index in [1.165, 1.54) is 12.7 Å². The van der Waals surface area contributed by atoms with E-state index in [4.69, 9.17) is 0 Å². The fourth-order valence-electron chi connectivity index (χ4n) is 3.96. The number of anilines is 2. The molecule has 1 aromatic rings. The number of likely N-dealkylation sites (tertiary alicyclic amines) is 1. The third kappa shape index (κ3) is 3.68. The summed E-state index contributed by atoms with van der Waals surface area (Å²) in [6.07, 6.45) is 6.71. The molecule has 2 fully saturated rings. The highest BCUT2D eigenvalue weighted by Crippen LogP contribution is 2.37. The summed E-state index contributed by atoms with van der Waals surface area (Å²) < 4.78 is 0. The van der Waals surface area contributed by atoms with Crippen molar-refractivity contribution in [2.24, 2.45) is 0 Å². The summed E-state index contributed by atoms with van der Waals surface area (Å²) in [4.78, 5) is 26.6. The van der Waals surface area contributed by atoms with Gasteiger partial charge < -0.3 is 14.7 Å². The largest absolute Gasteiger partial charge is 0.353 e. The van der Waals surface area contributed by atoms with Crippen LogP contribution in [-0.4, -0.2) is 65.6 Å². The lowest BCUT2D eigenvalue weighted by atomic mass is 10.0. The lowest BCUT2D eigenvalue weighted by Crippen LogP contribution is -2.43. The SMILES string of the molecule is CC1CCCCN1c1ncnc(N(C)C2CCN(C)CC2)c1[N+](=O)[O-]. The number of hydrogen-bond donors (Lipinski definition) is 0. The molecule has 0 radical (unpaired) electrons. The zero-order valence-electron chi connectivity index (χ0n) is 15.4. The van der Waals surface area contributed by atoms with Crippen molar-refractivity contribution < 1.29 is 4.92 Å². The summed E-state index contributed by atoms with van der Waals surface area (Å²) in [7, 11) is 4.04. The summed E-state index contributed by atoms with van der Waals surface area (Å²) in [6.45, 7) is 4.94. The van der Waals surface area contributed by atoms with Crippen LogP contribution in [0.1, 0.15) is 39.0 Å². The Morgan fingerprint density at radius 1 is 1.20 bits per heavy atom. The van der Waals surface area contributed by atoms with Gasteiger partial charge in [-0.05, 0) is 59.2 Å².